The van der Waals surface area contributed by atoms with Gasteiger partial charge in [0.2, 0.25) is 0 Å². The average molecular weight is 342 g/mol. The summed E-state index contributed by atoms with van der Waals surface area (Å²) in [5, 5.41) is 6.24. The smallest absolute Gasteiger partial charge is 0.168 e. The number of halogens is 1. The van der Waals surface area contributed by atoms with Gasteiger partial charge in [0, 0.05) is 18.1 Å². The highest BCUT2D eigenvalue weighted by molar-refractivity contribution is 6.30. The van der Waals surface area contributed by atoms with Gasteiger partial charge in [-0.1, -0.05) is 25.4 Å². The van der Waals surface area contributed by atoms with E-state index in [4.69, 9.17) is 11.6 Å². The molecule has 0 unspecified atom stereocenters. The van der Waals surface area contributed by atoms with Crippen molar-refractivity contribution in [2.75, 3.05) is 18.0 Å². The topological polar surface area (TPSA) is 46.8 Å². The molecule has 1 saturated heterocycles. The van der Waals surface area contributed by atoms with E-state index >= 15 is 0 Å². The van der Waals surface area contributed by atoms with Gasteiger partial charge < -0.3 is 4.90 Å². The second kappa shape index (κ2) is 6.06. The van der Waals surface area contributed by atoms with Gasteiger partial charge in [-0.3, -0.25) is 0 Å². The Morgan fingerprint density at radius 1 is 1.04 bits per heavy atom. The highest BCUT2D eigenvalue weighted by atomic mass is 35.5. The minimum Gasteiger partial charge on any atom is -0.355 e. The molecule has 24 heavy (non-hydrogen) atoms. The average Bonchev–Trinajstić information content (AvgIpc) is 2.98. The van der Waals surface area contributed by atoms with Crippen LogP contribution in [0.25, 0.3) is 16.7 Å². The summed E-state index contributed by atoms with van der Waals surface area (Å²) >= 11 is 5.98. The molecule has 0 radical (unpaired) electrons. The molecule has 0 aliphatic carbocycles. The molecule has 6 heteroatoms. The molecule has 3 aromatic rings. The van der Waals surface area contributed by atoms with Gasteiger partial charge in [-0.2, -0.15) is 5.10 Å². The lowest BCUT2D eigenvalue weighted by Crippen LogP contribution is -2.39. The molecule has 0 spiro atoms. The van der Waals surface area contributed by atoms with Crippen LogP contribution in [0.5, 0.6) is 0 Å². The highest BCUT2D eigenvalue weighted by Crippen LogP contribution is 2.30. The fraction of sp³-hybridized carbons (Fsp3) is 0.389. The van der Waals surface area contributed by atoms with E-state index < -0.39 is 0 Å². The van der Waals surface area contributed by atoms with Crippen LogP contribution in [0, 0.1) is 11.8 Å². The van der Waals surface area contributed by atoms with Crippen molar-refractivity contribution in [3.8, 4) is 5.69 Å². The number of piperidine rings is 1. The zero-order valence-corrected chi connectivity index (χ0v) is 14.6. The molecule has 1 aromatic carbocycles. The lowest BCUT2D eigenvalue weighted by atomic mass is 9.92. The monoisotopic (exact) mass is 341 g/mol. The Kier molecular flexibility index (Phi) is 3.88. The van der Waals surface area contributed by atoms with E-state index in [1.807, 2.05) is 35.1 Å². The van der Waals surface area contributed by atoms with Crippen LogP contribution in [-0.4, -0.2) is 32.8 Å². The summed E-state index contributed by atoms with van der Waals surface area (Å²) < 4.78 is 1.84. The van der Waals surface area contributed by atoms with Gasteiger partial charge in [0.25, 0.3) is 0 Å². The highest BCUT2D eigenvalue weighted by Gasteiger charge is 2.25. The van der Waals surface area contributed by atoms with Crippen molar-refractivity contribution in [1.29, 1.82) is 0 Å². The quantitative estimate of drug-likeness (QED) is 0.708. The minimum absolute atomic E-state index is 0.671. The molecule has 2 aromatic heterocycles. The molecule has 1 aliphatic heterocycles. The molecule has 0 N–H and O–H groups in total. The fourth-order valence-electron chi connectivity index (χ4n) is 3.69. The summed E-state index contributed by atoms with van der Waals surface area (Å²) in [6.45, 7) is 6.67. The van der Waals surface area contributed by atoms with Crippen molar-refractivity contribution in [3.63, 3.8) is 0 Å². The lowest BCUT2D eigenvalue weighted by Gasteiger charge is -2.35. The third-order valence-corrected chi connectivity index (χ3v) is 4.84. The molecule has 5 nitrogen and oxygen atoms in total. The molecule has 0 saturated carbocycles. The Morgan fingerprint density at radius 3 is 2.46 bits per heavy atom. The number of nitrogens with zero attached hydrogens (tertiary/aromatic N) is 5. The van der Waals surface area contributed by atoms with Crippen LogP contribution < -0.4 is 4.90 Å². The van der Waals surface area contributed by atoms with Crippen molar-refractivity contribution in [2.24, 2.45) is 11.8 Å². The first-order valence-corrected chi connectivity index (χ1v) is 8.69. The van der Waals surface area contributed by atoms with Gasteiger partial charge in [0.05, 0.1) is 17.3 Å². The van der Waals surface area contributed by atoms with Crippen molar-refractivity contribution in [2.45, 2.75) is 20.3 Å². The molecule has 0 amide bonds. The zero-order chi connectivity index (χ0) is 16.7. The van der Waals surface area contributed by atoms with Crippen molar-refractivity contribution >= 4 is 28.5 Å². The zero-order valence-electron chi connectivity index (χ0n) is 13.9. The number of hydrogen-bond acceptors (Lipinski definition) is 4. The molecule has 1 fully saturated rings. The van der Waals surface area contributed by atoms with E-state index in [0.29, 0.717) is 16.9 Å². The number of anilines is 1. The van der Waals surface area contributed by atoms with Crippen LogP contribution in [0.4, 0.5) is 5.82 Å². The number of hydrogen-bond donors (Lipinski definition) is 0. The number of benzene rings is 1. The maximum atomic E-state index is 5.98. The summed E-state index contributed by atoms with van der Waals surface area (Å²) in [5.74, 6) is 2.33. The lowest BCUT2D eigenvalue weighted by molar-refractivity contribution is 0.356. The van der Waals surface area contributed by atoms with E-state index in [1.54, 1.807) is 6.33 Å². The van der Waals surface area contributed by atoms with E-state index in [-0.39, 0.29) is 0 Å². The van der Waals surface area contributed by atoms with Gasteiger partial charge in [-0.25, -0.2) is 14.6 Å². The molecular weight excluding hydrogens is 322 g/mol. The molecular formula is C18H20ClN5. The molecule has 4 rings (SSSR count). The third kappa shape index (κ3) is 2.73. The van der Waals surface area contributed by atoms with Crippen LogP contribution in [-0.2, 0) is 0 Å². The molecule has 0 bridgehead atoms. The van der Waals surface area contributed by atoms with Crippen molar-refractivity contribution in [3.05, 3.63) is 41.8 Å². The molecule has 3 heterocycles. The fourth-order valence-corrected chi connectivity index (χ4v) is 3.82. The maximum absolute atomic E-state index is 5.98. The van der Waals surface area contributed by atoms with Crippen LogP contribution in [0.15, 0.2) is 36.8 Å². The van der Waals surface area contributed by atoms with E-state index in [0.717, 1.165) is 35.6 Å². The standard InChI is InChI=1S/C18H20ClN5/c1-12-7-13(2)10-23(9-12)17-16-8-22-24(18(16)21-11-20-17)15-5-3-14(19)4-6-15/h3-6,8,11-13H,7,9-10H2,1-2H3/t12-,13-/m1/s1. The molecule has 124 valence electrons. The Morgan fingerprint density at radius 2 is 1.75 bits per heavy atom. The second-order valence-electron chi connectivity index (χ2n) is 6.82. The summed E-state index contributed by atoms with van der Waals surface area (Å²) in [7, 11) is 0. The SMILES string of the molecule is C[C@@H]1C[C@@H](C)CN(c2ncnc3c2cnn3-c2ccc(Cl)cc2)C1. The Bertz CT molecular complexity index is 847. The normalized spacial score (nSPS) is 21.4. The van der Waals surface area contributed by atoms with Crippen LogP contribution >= 0.6 is 11.6 Å². The summed E-state index contributed by atoms with van der Waals surface area (Å²) in [4.78, 5) is 11.4. The predicted molar refractivity (Wildman–Crippen MR) is 96.8 cm³/mol. The Hall–Kier alpha value is -2.14. The molecule has 1 aliphatic rings. The van der Waals surface area contributed by atoms with Crippen LogP contribution in [0.1, 0.15) is 20.3 Å². The van der Waals surface area contributed by atoms with Crippen LogP contribution in [0.3, 0.4) is 0 Å². The van der Waals surface area contributed by atoms with Crippen molar-refractivity contribution in [1.82, 2.24) is 19.7 Å². The van der Waals surface area contributed by atoms with Crippen LogP contribution in [0.2, 0.25) is 5.02 Å². The summed E-state index contributed by atoms with van der Waals surface area (Å²) in [6, 6.07) is 7.62. The first-order chi connectivity index (χ1) is 11.6. The third-order valence-electron chi connectivity index (χ3n) is 4.58. The Labute approximate surface area is 146 Å². The van der Waals surface area contributed by atoms with E-state index in [2.05, 4.69) is 33.8 Å². The summed E-state index contributed by atoms with van der Waals surface area (Å²) in [6.07, 6.45) is 4.77. The maximum Gasteiger partial charge on any atom is 0.168 e. The number of fused-ring (bicyclic) bond motifs is 1. The first kappa shape index (κ1) is 15.4. The predicted octanol–water partition coefficient (Wildman–Crippen LogP) is 3.95. The van der Waals surface area contributed by atoms with Crippen molar-refractivity contribution < 1.29 is 0 Å². The van der Waals surface area contributed by atoms with Gasteiger partial charge in [-0.15, -0.1) is 0 Å². The number of aromatic nitrogens is 4. The van der Waals surface area contributed by atoms with Gasteiger partial charge in [0.15, 0.2) is 5.65 Å². The van der Waals surface area contributed by atoms with Gasteiger partial charge >= 0.3 is 0 Å². The molecule has 2 atom stereocenters. The first-order valence-electron chi connectivity index (χ1n) is 8.31. The number of rotatable bonds is 2. The Balaban J connectivity index is 1.78. The van der Waals surface area contributed by atoms with Gasteiger partial charge in [-0.05, 0) is 42.5 Å². The van der Waals surface area contributed by atoms with Gasteiger partial charge in [0.1, 0.15) is 12.1 Å². The summed E-state index contributed by atoms with van der Waals surface area (Å²) in [5.41, 5.74) is 1.77. The minimum atomic E-state index is 0.671. The largest absolute Gasteiger partial charge is 0.355 e. The second-order valence-corrected chi connectivity index (χ2v) is 7.25. The van der Waals surface area contributed by atoms with E-state index in [9.17, 15) is 0 Å². The van der Waals surface area contributed by atoms with E-state index in [1.165, 1.54) is 6.42 Å².